The second-order valence-electron chi connectivity index (χ2n) is 10.8. The van der Waals surface area contributed by atoms with Crippen LogP contribution in [0.25, 0.3) is 4.91 Å². The number of hydrogen-bond donors (Lipinski definition) is 2. The molecule has 0 saturated carbocycles. The minimum atomic E-state index is -4.36. The molecule has 1 aliphatic heterocycles. The lowest BCUT2D eigenvalue weighted by molar-refractivity contribution is -0.134. The van der Waals surface area contributed by atoms with Crippen LogP contribution in [-0.4, -0.2) is 75.5 Å². The van der Waals surface area contributed by atoms with Crippen molar-refractivity contribution in [2.45, 2.75) is 51.5 Å². The maximum atomic E-state index is 14.5. The van der Waals surface area contributed by atoms with Crippen LogP contribution in [0.2, 0.25) is 5.02 Å². The highest BCUT2D eigenvalue weighted by Gasteiger charge is 2.50. The van der Waals surface area contributed by atoms with Crippen LogP contribution in [0.5, 0.6) is 0 Å². The van der Waals surface area contributed by atoms with Gasteiger partial charge in [0.2, 0.25) is 15.9 Å². The fourth-order valence-electron chi connectivity index (χ4n) is 4.40. The van der Waals surface area contributed by atoms with Crippen LogP contribution in [0.15, 0.2) is 60.2 Å². The van der Waals surface area contributed by atoms with E-state index in [2.05, 4.69) is 10.0 Å². The number of rotatable bonds is 12. The summed E-state index contributed by atoms with van der Waals surface area (Å²) in [5, 5.41) is 2.86. The molecule has 2 aromatic carbocycles. The molecule has 0 radical (unpaired) electrons. The van der Waals surface area contributed by atoms with E-state index >= 15 is 0 Å². The highest BCUT2D eigenvalue weighted by Crippen LogP contribution is 2.39. The largest absolute Gasteiger partial charge is 0.444 e. The van der Waals surface area contributed by atoms with Gasteiger partial charge in [-0.15, -0.1) is 0 Å². The zero-order chi connectivity index (χ0) is 31.1. The SMILES string of the molecule is CCN(CC1=C(c2ccc(Cl)cc2)S(=O)(=O)NC1(CF)CF)C(=O)[C@@H](COCc1ccccc1)NC(=O)OC(C)(C)C. The Bertz CT molecular complexity index is 1380. The van der Waals surface area contributed by atoms with Crippen molar-refractivity contribution in [2.75, 3.05) is 33.0 Å². The zero-order valence-corrected chi connectivity index (χ0v) is 25.5. The standard InChI is InChI=1S/C29H36ClF2N3O6S/c1-5-35(15-23-25(21-11-13-22(30)14-12-21)42(38,39)34-29(23,18-31)19-32)26(36)24(33-27(37)41-28(2,3)4)17-40-16-20-9-7-6-8-10-20/h6-14,24,34H,5,15-19H2,1-4H3,(H,33,37)/t24-/m1/s1. The Hall–Kier alpha value is -3.06. The molecule has 13 heteroatoms. The smallest absolute Gasteiger partial charge is 0.408 e. The van der Waals surface area contributed by atoms with Gasteiger partial charge in [-0.1, -0.05) is 54.1 Å². The molecule has 0 unspecified atom stereocenters. The van der Waals surface area contributed by atoms with Crippen LogP contribution in [-0.2, 0) is 30.9 Å². The van der Waals surface area contributed by atoms with Gasteiger partial charge in [0.15, 0.2) is 0 Å². The lowest BCUT2D eigenvalue weighted by atomic mass is 9.90. The van der Waals surface area contributed by atoms with E-state index in [1.54, 1.807) is 27.7 Å². The normalized spacial score (nSPS) is 16.6. The van der Waals surface area contributed by atoms with Crippen LogP contribution in [0.1, 0.15) is 38.8 Å². The van der Waals surface area contributed by atoms with Crippen LogP contribution in [0.3, 0.4) is 0 Å². The third-order valence-corrected chi connectivity index (χ3v) is 8.37. The van der Waals surface area contributed by atoms with E-state index in [1.807, 2.05) is 30.3 Å². The predicted octanol–water partition coefficient (Wildman–Crippen LogP) is 4.62. The van der Waals surface area contributed by atoms with Gasteiger partial charge in [0.25, 0.3) is 0 Å². The Morgan fingerprint density at radius 2 is 1.69 bits per heavy atom. The molecule has 0 aromatic heterocycles. The molecule has 2 aromatic rings. The number of carbonyl (C=O) groups excluding carboxylic acids is 2. The van der Waals surface area contributed by atoms with Crippen molar-refractivity contribution < 1.29 is 36.3 Å². The second kappa shape index (κ2) is 13.9. The molecular weight excluding hydrogens is 592 g/mol. The summed E-state index contributed by atoms with van der Waals surface area (Å²) in [5.74, 6) is -0.657. The number of sulfonamides is 1. The fraction of sp³-hybridized carbons (Fsp3) is 0.448. The number of halogens is 3. The van der Waals surface area contributed by atoms with Gasteiger partial charge in [0.1, 0.15) is 30.5 Å². The molecule has 0 saturated heterocycles. The predicted molar refractivity (Wildman–Crippen MR) is 157 cm³/mol. The number of amides is 2. The van der Waals surface area contributed by atoms with Crippen molar-refractivity contribution in [3.8, 4) is 0 Å². The lowest BCUT2D eigenvalue weighted by Crippen LogP contribution is -2.55. The van der Waals surface area contributed by atoms with E-state index in [0.717, 1.165) is 5.56 Å². The number of alkyl halides is 2. The molecule has 0 spiro atoms. The molecule has 0 aliphatic carbocycles. The maximum absolute atomic E-state index is 14.5. The Kier molecular flexibility index (Phi) is 11.1. The molecule has 230 valence electrons. The maximum Gasteiger partial charge on any atom is 0.408 e. The number of benzene rings is 2. The summed E-state index contributed by atoms with van der Waals surface area (Å²) in [6.07, 6.45) is -0.867. The summed E-state index contributed by atoms with van der Waals surface area (Å²) < 4.78 is 68.5. The van der Waals surface area contributed by atoms with E-state index in [1.165, 1.54) is 29.2 Å². The lowest BCUT2D eigenvalue weighted by Gasteiger charge is -2.32. The van der Waals surface area contributed by atoms with Crippen LogP contribution < -0.4 is 10.0 Å². The fourth-order valence-corrected chi connectivity index (χ4v) is 6.41. The third-order valence-electron chi connectivity index (χ3n) is 6.44. The number of carbonyl (C=O) groups is 2. The third kappa shape index (κ3) is 8.27. The molecule has 1 atom stereocenters. The van der Waals surface area contributed by atoms with Gasteiger partial charge in [0, 0.05) is 18.1 Å². The van der Waals surface area contributed by atoms with Crippen molar-refractivity contribution >= 4 is 38.5 Å². The molecule has 1 heterocycles. The Morgan fingerprint density at radius 1 is 1.07 bits per heavy atom. The minimum Gasteiger partial charge on any atom is -0.444 e. The first-order valence-electron chi connectivity index (χ1n) is 13.3. The number of alkyl carbamates (subject to hydrolysis) is 1. The number of nitrogens with one attached hydrogen (secondary N) is 2. The van der Waals surface area contributed by atoms with Crippen molar-refractivity contribution in [2.24, 2.45) is 0 Å². The summed E-state index contributed by atoms with van der Waals surface area (Å²) >= 11 is 5.97. The molecule has 1 aliphatic rings. The van der Waals surface area contributed by atoms with Gasteiger partial charge in [0.05, 0.1) is 18.1 Å². The molecule has 0 fully saturated rings. The summed E-state index contributed by atoms with van der Waals surface area (Å²) in [4.78, 5) is 27.3. The molecular formula is C29H36ClF2N3O6S. The first kappa shape index (κ1) is 33.4. The number of ether oxygens (including phenoxy) is 2. The first-order chi connectivity index (χ1) is 19.7. The van der Waals surface area contributed by atoms with Crippen molar-refractivity contribution in [3.05, 3.63) is 76.3 Å². The molecule has 0 bridgehead atoms. The first-order valence-corrected chi connectivity index (χ1v) is 15.2. The average molecular weight is 628 g/mol. The zero-order valence-electron chi connectivity index (χ0n) is 24.0. The van der Waals surface area contributed by atoms with E-state index < -0.39 is 59.1 Å². The average Bonchev–Trinajstić information content (AvgIpc) is 3.16. The van der Waals surface area contributed by atoms with E-state index in [9.17, 15) is 26.8 Å². The Labute approximate surface area is 250 Å². The van der Waals surface area contributed by atoms with Gasteiger partial charge < -0.3 is 19.7 Å². The number of likely N-dealkylation sites (N-methyl/N-ethyl adjacent to an activating group) is 1. The molecule has 42 heavy (non-hydrogen) atoms. The molecule has 3 rings (SSSR count). The van der Waals surface area contributed by atoms with Crippen molar-refractivity contribution in [3.63, 3.8) is 0 Å². The number of nitrogens with zero attached hydrogens (tertiary/aromatic N) is 1. The van der Waals surface area contributed by atoms with E-state index in [0.29, 0.717) is 5.02 Å². The van der Waals surface area contributed by atoms with Gasteiger partial charge in [-0.2, -0.15) is 4.72 Å². The highest BCUT2D eigenvalue weighted by molar-refractivity contribution is 7.99. The van der Waals surface area contributed by atoms with Crippen LogP contribution in [0.4, 0.5) is 13.6 Å². The second-order valence-corrected chi connectivity index (χ2v) is 12.9. The molecule has 9 nitrogen and oxygen atoms in total. The summed E-state index contributed by atoms with van der Waals surface area (Å²) in [6, 6.07) is 13.7. The Balaban J connectivity index is 1.97. The van der Waals surface area contributed by atoms with Gasteiger partial charge in [-0.25, -0.2) is 22.0 Å². The topological polar surface area (TPSA) is 114 Å². The highest BCUT2D eigenvalue weighted by atomic mass is 35.5. The van der Waals surface area contributed by atoms with E-state index in [4.69, 9.17) is 21.1 Å². The van der Waals surface area contributed by atoms with Gasteiger partial charge in [-0.05, 0) is 56.5 Å². The molecule has 2 N–H and O–H groups in total. The van der Waals surface area contributed by atoms with E-state index in [-0.39, 0.29) is 35.8 Å². The van der Waals surface area contributed by atoms with Crippen molar-refractivity contribution in [1.29, 1.82) is 0 Å². The summed E-state index contributed by atoms with van der Waals surface area (Å²) in [7, 11) is -4.36. The minimum absolute atomic E-state index is 0.0239. The summed E-state index contributed by atoms with van der Waals surface area (Å²) in [6.45, 7) is 3.32. The van der Waals surface area contributed by atoms with Crippen molar-refractivity contribution in [1.82, 2.24) is 14.9 Å². The monoisotopic (exact) mass is 627 g/mol. The van der Waals surface area contributed by atoms with Crippen LogP contribution >= 0.6 is 11.6 Å². The van der Waals surface area contributed by atoms with Gasteiger partial charge in [-0.3, -0.25) is 4.79 Å². The molecule has 2 amide bonds. The quantitative estimate of drug-likeness (QED) is 0.355. The Morgan fingerprint density at radius 3 is 2.24 bits per heavy atom. The number of hydrogen-bond acceptors (Lipinski definition) is 6. The summed E-state index contributed by atoms with van der Waals surface area (Å²) in [5.41, 5.74) is -2.23. The van der Waals surface area contributed by atoms with Crippen LogP contribution in [0, 0.1) is 0 Å². The van der Waals surface area contributed by atoms with Gasteiger partial charge >= 0.3 is 6.09 Å².